The third kappa shape index (κ3) is 19.9. The Morgan fingerprint density at radius 3 is 1.14 bits per heavy atom. The van der Waals surface area contributed by atoms with E-state index >= 15 is 0 Å². The molecule has 0 aromatic carbocycles. The summed E-state index contributed by atoms with van der Waals surface area (Å²) in [6.45, 7) is 7.98. The summed E-state index contributed by atoms with van der Waals surface area (Å²) in [5.74, 6) is 2.22. The molecule has 37 heavy (non-hydrogen) atoms. The zero-order valence-electron chi connectivity index (χ0n) is 26.0. The molecule has 0 unspecified atom stereocenters. The van der Waals surface area contributed by atoms with Crippen molar-refractivity contribution >= 4 is 0 Å². The quantitative estimate of drug-likeness (QED) is 0.0805. The van der Waals surface area contributed by atoms with Crippen molar-refractivity contribution in [3.8, 4) is 0 Å². The first-order chi connectivity index (χ1) is 18.3. The summed E-state index contributed by atoms with van der Waals surface area (Å²) in [6.07, 6.45) is 43.2. The van der Waals surface area contributed by atoms with E-state index in [4.69, 9.17) is 0 Å². The maximum absolute atomic E-state index is 3.61. The number of hydrogen-bond donors (Lipinski definition) is 1. The van der Waals surface area contributed by atoms with Gasteiger partial charge in [0.25, 0.3) is 5.82 Å². The third-order valence-corrected chi connectivity index (χ3v) is 8.58. The SMILES string of the molecule is CCCCCCCCCCCCCCCCCC[C@H](CCCCCCCCCCC)c1[nH]cc[n+]1CC. The number of aromatic nitrogens is 2. The van der Waals surface area contributed by atoms with E-state index in [1.807, 2.05) is 0 Å². The van der Waals surface area contributed by atoms with Crippen molar-refractivity contribution in [2.24, 2.45) is 0 Å². The average molecular weight is 518 g/mol. The first-order valence-corrected chi connectivity index (χ1v) is 17.4. The van der Waals surface area contributed by atoms with Gasteiger partial charge in [-0.15, -0.1) is 0 Å². The maximum Gasteiger partial charge on any atom is 0.257 e. The van der Waals surface area contributed by atoms with Gasteiger partial charge in [0.2, 0.25) is 0 Å². The van der Waals surface area contributed by atoms with E-state index in [2.05, 4.69) is 42.7 Å². The molecule has 218 valence electrons. The van der Waals surface area contributed by atoms with Crippen LogP contribution >= 0.6 is 0 Å². The summed E-state index contributed by atoms with van der Waals surface area (Å²) in [6, 6.07) is 0. The minimum atomic E-state index is 0.728. The van der Waals surface area contributed by atoms with Crippen LogP contribution in [0.25, 0.3) is 0 Å². The molecular formula is C35H69N2+. The van der Waals surface area contributed by atoms with Crippen LogP contribution in [0.1, 0.15) is 206 Å². The Balaban J connectivity index is 2.06. The van der Waals surface area contributed by atoms with Crippen molar-refractivity contribution in [1.29, 1.82) is 0 Å². The fourth-order valence-corrected chi connectivity index (χ4v) is 6.06. The van der Waals surface area contributed by atoms with Crippen molar-refractivity contribution in [2.75, 3.05) is 0 Å². The molecular weight excluding hydrogens is 448 g/mol. The zero-order valence-corrected chi connectivity index (χ0v) is 26.0. The van der Waals surface area contributed by atoms with Gasteiger partial charge in [0.15, 0.2) is 0 Å². The Bertz CT molecular complexity index is 563. The summed E-state index contributed by atoms with van der Waals surface area (Å²) in [5, 5.41) is 0. The molecule has 1 atom stereocenters. The summed E-state index contributed by atoms with van der Waals surface area (Å²) in [7, 11) is 0. The fourth-order valence-electron chi connectivity index (χ4n) is 6.06. The van der Waals surface area contributed by atoms with Crippen LogP contribution in [0.5, 0.6) is 0 Å². The topological polar surface area (TPSA) is 19.7 Å². The van der Waals surface area contributed by atoms with E-state index in [1.54, 1.807) is 0 Å². The molecule has 2 heteroatoms. The van der Waals surface area contributed by atoms with E-state index < -0.39 is 0 Å². The number of hydrogen-bond acceptors (Lipinski definition) is 0. The predicted octanol–water partition coefficient (Wildman–Crippen LogP) is 12.0. The molecule has 1 aromatic heterocycles. The van der Waals surface area contributed by atoms with Gasteiger partial charge in [0, 0.05) is 0 Å². The van der Waals surface area contributed by atoms with E-state index in [0.717, 1.165) is 12.5 Å². The molecule has 0 bridgehead atoms. The number of rotatable bonds is 29. The molecule has 0 amide bonds. The van der Waals surface area contributed by atoms with E-state index in [-0.39, 0.29) is 0 Å². The molecule has 1 heterocycles. The maximum atomic E-state index is 3.61. The van der Waals surface area contributed by atoms with Gasteiger partial charge in [-0.25, -0.2) is 9.55 Å². The average Bonchev–Trinajstić information content (AvgIpc) is 3.39. The van der Waals surface area contributed by atoms with Crippen LogP contribution in [-0.2, 0) is 6.54 Å². The van der Waals surface area contributed by atoms with Crippen LogP contribution in [0.3, 0.4) is 0 Å². The molecule has 0 aliphatic carbocycles. The molecule has 2 nitrogen and oxygen atoms in total. The summed E-state index contributed by atoms with van der Waals surface area (Å²) in [5.41, 5.74) is 0. The largest absolute Gasteiger partial charge is 0.257 e. The monoisotopic (exact) mass is 518 g/mol. The van der Waals surface area contributed by atoms with Gasteiger partial charge in [-0.05, 0) is 19.8 Å². The van der Waals surface area contributed by atoms with Crippen molar-refractivity contribution in [3.63, 3.8) is 0 Å². The van der Waals surface area contributed by atoms with Crippen molar-refractivity contribution in [2.45, 2.75) is 207 Å². The Kier molecular flexibility index (Phi) is 24.8. The van der Waals surface area contributed by atoms with Gasteiger partial charge < -0.3 is 0 Å². The fraction of sp³-hybridized carbons (Fsp3) is 0.914. The van der Waals surface area contributed by atoms with E-state index in [0.29, 0.717) is 0 Å². The van der Waals surface area contributed by atoms with Crippen LogP contribution < -0.4 is 4.57 Å². The lowest BCUT2D eigenvalue weighted by molar-refractivity contribution is -0.701. The smallest absolute Gasteiger partial charge is 0.247 e. The number of aryl methyl sites for hydroxylation is 1. The lowest BCUT2D eigenvalue weighted by Crippen LogP contribution is -2.36. The van der Waals surface area contributed by atoms with E-state index in [1.165, 1.54) is 179 Å². The number of unbranched alkanes of at least 4 members (excludes halogenated alkanes) is 23. The summed E-state index contributed by atoms with van der Waals surface area (Å²) in [4.78, 5) is 3.61. The number of nitrogens with zero attached hydrogens (tertiary/aromatic N) is 1. The van der Waals surface area contributed by atoms with Gasteiger partial charge in [-0.1, -0.05) is 174 Å². The summed E-state index contributed by atoms with van der Waals surface area (Å²) >= 11 is 0. The molecule has 0 aliphatic heterocycles. The Labute approximate surface area is 234 Å². The molecule has 1 aromatic rings. The number of aromatic amines is 1. The second kappa shape index (κ2) is 26.8. The minimum Gasteiger partial charge on any atom is -0.247 e. The highest BCUT2D eigenvalue weighted by molar-refractivity contribution is 4.90. The van der Waals surface area contributed by atoms with Crippen LogP contribution in [0.4, 0.5) is 0 Å². The third-order valence-electron chi connectivity index (χ3n) is 8.58. The molecule has 0 radical (unpaired) electrons. The second-order valence-electron chi connectivity index (χ2n) is 12.0. The van der Waals surface area contributed by atoms with Gasteiger partial charge >= 0.3 is 0 Å². The first kappa shape index (κ1) is 34.2. The molecule has 1 rings (SSSR count). The molecule has 1 N–H and O–H groups in total. The highest BCUT2D eigenvalue weighted by Gasteiger charge is 2.21. The molecule has 0 spiro atoms. The van der Waals surface area contributed by atoms with Gasteiger partial charge in [-0.2, -0.15) is 0 Å². The van der Waals surface area contributed by atoms with Gasteiger partial charge in [-0.3, -0.25) is 0 Å². The number of imidazole rings is 1. The second-order valence-corrected chi connectivity index (χ2v) is 12.0. The minimum absolute atomic E-state index is 0.728. The van der Waals surface area contributed by atoms with Crippen LogP contribution in [0, 0.1) is 0 Å². The predicted molar refractivity (Wildman–Crippen MR) is 165 cm³/mol. The van der Waals surface area contributed by atoms with Gasteiger partial charge in [0.1, 0.15) is 12.4 Å². The molecule has 0 saturated carbocycles. The Morgan fingerprint density at radius 2 is 0.811 bits per heavy atom. The highest BCUT2D eigenvalue weighted by Crippen LogP contribution is 2.26. The van der Waals surface area contributed by atoms with Crippen molar-refractivity contribution in [3.05, 3.63) is 18.2 Å². The van der Waals surface area contributed by atoms with Crippen LogP contribution in [0.15, 0.2) is 12.4 Å². The zero-order chi connectivity index (χ0) is 26.7. The van der Waals surface area contributed by atoms with Crippen molar-refractivity contribution in [1.82, 2.24) is 4.98 Å². The summed E-state index contributed by atoms with van der Waals surface area (Å²) < 4.78 is 2.45. The number of H-pyrrole nitrogens is 1. The first-order valence-electron chi connectivity index (χ1n) is 17.4. The number of nitrogens with one attached hydrogen (secondary N) is 1. The van der Waals surface area contributed by atoms with E-state index in [9.17, 15) is 0 Å². The normalized spacial score (nSPS) is 12.4. The van der Waals surface area contributed by atoms with Crippen LogP contribution in [-0.4, -0.2) is 4.98 Å². The van der Waals surface area contributed by atoms with Crippen LogP contribution in [0.2, 0.25) is 0 Å². The lowest BCUT2D eigenvalue weighted by atomic mass is 9.93. The highest BCUT2D eigenvalue weighted by atomic mass is 15.1. The molecule has 0 aliphatic rings. The Hall–Kier alpha value is -0.790. The lowest BCUT2D eigenvalue weighted by Gasteiger charge is -2.14. The van der Waals surface area contributed by atoms with Crippen molar-refractivity contribution < 1.29 is 4.57 Å². The molecule has 0 saturated heterocycles. The standard InChI is InChI=1S/C35H68N2/c1-4-7-9-11-13-15-16-17-18-19-20-21-23-25-27-29-31-34(35-36-32-33-37(35)6-3)30-28-26-24-22-14-12-10-8-5-2/h32-34H,4-31H2,1-3H3/p+1/t34-/m0/s1. The van der Waals surface area contributed by atoms with Gasteiger partial charge in [0.05, 0.1) is 12.5 Å². The Morgan fingerprint density at radius 1 is 0.486 bits per heavy atom. The molecule has 0 fully saturated rings.